The minimum absolute atomic E-state index is 0.120. The Bertz CT molecular complexity index is 1050. The topological polar surface area (TPSA) is 97.4 Å². The van der Waals surface area contributed by atoms with Gasteiger partial charge in [-0.05, 0) is 60.2 Å². The minimum Gasteiger partial charge on any atom is -0.472 e. The van der Waals surface area contributed by atoms with Crippen LogP contribution in [0.2, 0.25) is 0 Å². The Kier molecular flexibility index (Phi) is 6.58. The molecule has 1 fully saturated rings. The number of nitrogens with zero attached hydrogens (tertiary/aromatic N) is 2. The van der Waals surface area contributed by atoms with Crippen molar-refractivity contribution in [2.75, 3.05) is 27.0 Å². The molecule has 2 aromatic carbocycles. The minimum atomic E-state index is -0.605. The largest absolute Gasteiger partial charge is 0.472 e. The van der Waals surface area contributed by atoms with Gasteiger partial charge in [0.2, 0.25) is 0 Å². The normalized spacial score (nSPS) is 21.5. The molecule has 2 aliphatic rings. The number of hydrogen-bond donors (Lipinski definition) is 2. The number of amides is 1. The van der Waals surface area contributed by atoms with E-state index in [-0.39, 0.29) is 12.6 Å². The maximum atomic E-state index is 13.2. The molecule has 7 heteroatoms. The van der Waals surface area contributed by atoms with E-state index in [2.05, 4.69) is 4.99 Å². The molecule has 0 spiro atoms. The summed E-state index contributed by atoms with van der Waals surface area (Å²) in [5, 5.41) is 10.3. The van der Waals surface area contributed by atoms with Crippen LogP contribution in [0.15, 0.2) is 47.5 Å². The highest BCUT2D eigenvalue weighted by molar-refractivity contribution is 5.98. The van der Waals surface area contributed by atoms with Crippen molar-refractivity contribution < 1.29 is 19.4 Å². The molecule has 2 heterocycles. The van der Waals surface area contributed by atoms with Gasteiger partial charge >= 0.3 is 0 Å². The van der Waals surface area contributed by atoms with Gasteiger partial charge in [0, 0.05) is 25.6 Å². The monoisotopic (exact) mass is 435 g/mol. The van der Waals surface area contributed by atoms with Gasteiger partial charge in [0.1, 0.15) is 5.75 Å². The Morgan fingerprint density at radius 1 is 1.31 bits per heavy atom. The fourth-order valence-electron chi connectivity index (χ4n) is 4.10. The average molecular weight is 436 g/mol. The van der Waals surface area contributed by atoms with Crippen molar-refractivity contribution in [2.45, 2.75) is 31.9 Å². The van der Waals surface area contributed by atoms with Gasteiger partial charge in [-0.25, -0.2) is 0 Å². The van der Waals surface area contributed by atoms with Gasteiger partial charge in [-0.2, -0.15) is 0 Å². The number of aliphatic hydroxyl groups is 1. The first-order valence-electron chi connectivity index (χ1n) is 10.8. The lowest BCUT2D eigenvalue weighted by Gasteiger charge is -2.39. The van der Waals surface area contributed by atoms with Gasteiger partial charge in [-0.1, -0.05) is 24.3 Å². The first-order chi connectivity index (χ1) is 15.5. The van der Waals surface area contributed by atoms with Crippen LogP contribution in [-0.2, 0) is 11.2 Å². The van der Waals surface area contributed by atoms with E-state index in [0.29, 0.717) is 43.1 Å². The lowest BCUT2D eigenvalue weighted by Crippen LogP contribution is -2.54. The molecule has 0 unspecified atom stereocenters. The van der Waals surface area contributed by atoms with E-state index < -0.39 is 12.1 Å². The van der Waals surface area contributed by atoms with Crippen LogP contribution >= 0.6 is 0 Å². The van der Waals surface area contributed by atoms with Crippen LogP contribution in [0, 0.1) is 6.92 Å². The predicted octanol–water partition coefficient (Wildman–Crippen LogP) is 2.53. The number of rotatable bonds is 5. The Morgan fingerprint density at radius 2 is 2.09 bits per heavy atom. The van der Waals surface area contributed by atoms with Crippen molar-refractivity contribution >= 4 is 17.8 Å². The van der Waals surface area contributed by atoms with Crippen molar-refractivity contribution in [1.82, 2.24) is 4.90 Å². The number of benzene rings is 2. The smallest absolute Gasteiger partial charge is 0.260 e. The van der Waals surface area contributed by atoms with Gasteiger partial charge in [-0.15, -0.1) is 0 Å². The number of hydrogen-bond acceptors (Lipinski definition) is 6. The Balaban J connectivity index is 1.55. The molecule has 0 aliphatic carbocycles. The zero-order valence-electron chi connectivity index (χ0n) is 18.5. The van der Waals surface area contributed by atoms with Crippen molar-refractivity contribution in [3.8, 4) is 5.75 Å². The molecular weight excluding hydrogens is 406 g/mol. The molecule has 4 rings (SSSR count). The molecule has 3 N–H and O–H groups in total. The number of fused-ring (bicyclic) bond motifs is 1. The number of carbonyl (C=O) groups excluding carboxylic acids is 1. The van der Waals surface area contributed by atoms with Crippen LogP contribution in [0.1, 0.15) is 39.0 Å². The van der Waals surface area contributed by atoms with Crippen molar-refractivity contribution in [2.24, 2.45) is 10.7 Å². The number of nitrogens with two attached hydrogens (primary N) is 1. The molecule has 1 amide bonds. The van der Waals surface area contributed by atoms with Crippen LogP contribution < -0.4 is 10.5 Å². The van der Waals surface area contributed by atoms with E-state index in [4.69, 9.17) is 15.2 Å². The van der Waals surface area contributed by atoms with Crippen LogP contribution in [0.4, 0.5) is 0 Å². The Labute approximate surface area is 188 Å². The third-order valence-electron chi connectivity index (χ3n) is 6.06. The van der Waals surface area contributed by atoms with Gasteiger partial charge in [0.05, 0.1) is 24.3 Å². The molecule has 7 nitrogen and oxygen atoms in total. The summed E-state index contributed by atoms with van der Waals surface area (Å²) in [6.07, 6.45) is 4.03. The van der Waals surface area contributed by atoms with Crippen molar-refractivity contribution in [1.29, 1.82) is 0 Å². The number of aliphatic hydroxyl groups excluding tert-OH is 1. The maximum absolute atomic E-state index is 13.2. The molecule has 0 bridgehead atoms. The van der Waals surface area contributed by atoms with Crippen molar-refractivity contribution in [3.63, 3.8) is 0 Å². The zero-order chi connectivity index (χ0) is 22.7. The summed E-state index contributed by atoms with van der Waals surface area (Å²) in [5.74, 6) is 0.456. The third-order valence-corrected chi connectivity index (χ3v) is 6.06. The predicted molar refractivity (Wildman–Crippen MR) is 124 cm³/mol. The van der Waals surface area contributed by atoms with Crippen LogP contribution in [-0.4, -0.2) is 61.3 Å². The Morgan fingerprint density at radius 3 is 2.81 bits per heavy atom. The lowest BCUT2D eigenvalue weighted by molar-refractivity contribution is -0.0696. The quantitative estimate of drug-likeness (QED) is 0.704. The van der Waals surface area contributed by atoms with Gasteiger partial charge in [0.25, 0.3) is 5.91 Å². The fourth-order valence-corrected chi connectivity index (χ4v) is 4.10. The standard InChI is InChI=1S/C25H29N3O4/c1-16-11-24-20(25(30)28(15-32-24)22-14-31-10-8-23(22)29)13-19(16)12-17-3-5-18(6-4-17)21(26)7-9-27-2/h3-7,9,11,13,22-23,29H,8,10,12,14-15,26H2,1-2H3/t22-,23-/m0/s1. The molecule has 32 heavy (non-hydrogen) atoms. The van der Waals surface area contributed by atoms with Gasteiger partial charge < -0.3 is 20.3 Å². The molecule has 1 saturated heterocycles. The summed E-state index contributed by atoms with van der Waals surface area (Å²) >= 11 is 0. The van der Waals surface area contributed by atoms with Gasteiger partial charge in [-0.3, -0.25) is 14.7 Å². The second kappa shape index (κ2) is 9.54. The summed E-state index contributed by atoms with van der Waals surface area (Å²) in [6, 6.07) is 11.5. The second-order valence-electron chi connectivity index (χ2n) is 8.22. The molecule has 0 saturated carbocycles. The summed E-state index contributed by atoms with van der Waals surface area (Å²) < 4.78 is 11.4. The average Bonchev–Trinajstić information content (AvgIpc) is 2.80. The first-order valence-corrected chi connectivity index (χ1v) is 10.8. The van der Waals surface area contributed by atoms with Crippen LogP contribution in [0.25, 0.3) is 5.70 Å². The van der Waals surface area contributed by atoms with E-state index in [0.717, 1.165) is 22.3 Å². The number of carbonyl (C=O) groups is 1. The summed E-state index contributed by atoms with van der Waals surface area (Å²) in [5.41, 5.74) is 11.4. The third kappa shape index (κ3) is 4.54. The maximum Gasteiger partial charge on any atom is 0.260 e. The van der Waals surface area contributed by atoms with Crippen molar-refractivity contribution in [3.05, 3.63) is 70.3 Å². The number of ether oxygens (including phenoxy) is 2. The van der Waals surface area contributed by atoms with E-state index in [1.165, 1.54) is 0 Å². The van der Waals surface area contributed by atoms with E-state index in [1.54, 1.807) is 24.2 Å². The highest BCUT2D eigenvalue weighted by Gasteiger charge is 2.37. The lowest BCUT2D eigenvalue weighted by atomic mass is 9.95. The van der Waals surface area contributed by atoms with E-state index in [1.807, 2.05) is 43.3 Å². The molecule has 2 atom stereocenters. The molecule has 0 radical (unpaired) electrons. The van der Waals surface area contributed by atoms with E-state index in [9.17, 15) is 9.90 Å². The molecule has 2 aromatic rings. The highest BCUT2D eigenvalue weighted by Crippen LogP contribution is 2.31. The number of allylic oxidation sites excluding steroid dienone is 1. The zero-order valence-corrected chi connectivity index (χ0v) is 18.5. The highest BCUT2D eigenvalue weighted by atomic mass is 16.5. The van der Waals surface area contributed by atoms with Gasteiger partial charge in [0.15, 0.2) is 6.73 Å². The first kappa shape index (κ1) is 22.0. The molecule has 0 aromatic heterocycles. The fraction of sp³-hybridized carbons (Fsp3) is 0.360. The number of aryl methyl sites for hydroxylation is 1. The summed E-state index contributed by atoms with van der Waals surface area (Å²) in [7, 11) is 1.70. The number of aliphatic imine (C=N–C) groups is 1. The SMILES string of the molecule is CN=CC=C(N)c1ccc(Cc2cc3c(cc2C)OCN([C@H]2COCC[C@@H]2O)C3=O)cc1. The second-order valence-corrected chi connectivity index (χ2v) is 8.22. The van der Waals surface area contributed by atoms with Crippen LogP contribution in [0.3, 0.4) is 0 Å². The summed E-state index contributed by atoms with van der Waals surface area (Å²) in [4.78, 5) is 18.7. The molecular formula is C25H29N3O4. The Hall–Kier alpha value is -3.16. The van der Waals surface area contributed by atoms with E-state index >= 15 is 0 Å². The molecule has 2 aliphatic heterocycles. The van der Waals surface area contributed by atoms with Crippen LogP contribution in [0.5, 0.6) is 5.75 Å². The summed E-state index contributed by atoms with van der Waals surface area (Å²) in [6.45, 7) is 2.97. The molecule has 168 valence electrons.